The predicted octanol–water partition coefficient (Wildman–Crippen LogP) is 7.41. The summed E-state index contributed by atoms with van der Waals surface area (Å²) in [6.45, 7) is 4.18. The van der Waals surface area contributed by atoms with Crippen LogP contribution in [0.1, 0.15) is 48.4 Å². The van der Waals surface area contributed by atoms with Crippen molar-refractivity contribution >= 4 is 22.1 Å². The maximum absolute atomic E-state index is 6.43. The number of pyridine rings is 2. The highest BCUT2D eigenvalue weighted by molar-refractivity contribution is 6.09. The normalized spacial score (nSPS) is 14.5. The number of nitrogens with zero attached hydrogens (tertiary/aromatic N) is 2. The molecule has 1 aliphatic rings. The van der Waals surface area contributed by atoms with E-state index in [1.165, 1.54) is 53.6 Å². The maximum atomic E-state index is 6.43. The summed E-state index contributed by atoms with van der Waals surface area (Å²) < 4.78 is 8.65. The lowest BCUT2D eigenvalue weighted by Gasteiger charge is -2.14. The lowest BCUT2D eigenvalue weighted by molar-refractivity contribution is -0.659. The Morgan fingerprint density at radius 3 is 2.58 bits per heavy atom. The van der Waals surface area contributed by atoms with Crippen molar-refractivity contribution in [2.24, 2.45) is 7.05 Å². The van der Waals surface area contributed by atoms with Crippen molar-refractivity contribution in [1.29, 1.82) is 0 Å². The number of furan rings is 1. The quantitative estimate of drug-likeness (QED) is 0.277. The highest BCUT2D eigenvalue weighted by Gasteiger charge is 2.25. The molecule has 5 aromatic rings. The lowest BCUT2D eigenvalue weighted by atomic mass is 9.91. The van der Waals surface area contributed by atoms with Crippen molar-refractivity contribution in [3.05, 3.63) is 83.7 Å². The molecule has 0 atom stereocenters. The molecule has 3 heteroatoms. The Kier molecular flexibility index (Phi) is 4.79. The monoisotopic (exact) mass is 433 g/mol. The number of rotatable bonds is 3. The minimum Gasteiger partial charge on any atom is -0.437 e. The summed E-state index contributed by atoms with van der Waals surface area (Å²) in [5, 5.41) is 2.19. The molecule has 0 amide bonds. The third kappa shape index (κ3) is 3.34. The van der Waals surface area contributed by atoms with Crippen LogP contribution >= 0.6 is 0 Å². The second-order valence-electron chi connectivity index (χ2n) is 9.53. The molecule has 3 nitrogen and oxygen atoms in total. The van der Waals surface area contributed by atoms with Gasteiger partial charge in [0.2, 0.25) is 11.4 Å². The highest BCUT2D eigenvalue weighted by Crippen LogP contribution is 2.41. The summed E-state index contributed by atoms with van der Waals surface area (Å²) in [6.07, 6.45) is 7.44. The molecule has 1 saturated carbocycles. The number of hydrogen-bond acceptors (Lipinski definition) is 2. The Bertz CT molecular complexity index is 1510. The van der Waals surface area contributed by atoms with E-state index >= 15 is 0 Å². The van der Waals surface area contributed by atoms with Gasteiger partial charge in [0.25, 0.3) is 0 Å². The molecule has 0 unspecified atom stereocenters. The number of fused-ring (bicyclic) bond motifs is 3. The van der Waals surface area contributed by atoms with E-state index in [0.717, 1.165) is 27.6 Å². The predicted molar refractivity (Wildman–Crippen MR) is 134 cm³/mol. The molecule has 0 bridgehead atoms. The second-order valence-corrected chi connectivity index (χ2v) is 9.53. The van der Waals surface area contributed by atoms with Gasteiger partial charge in [-0.25, -0.2) is 9.55 Å². The van der Waals surface area contributed by atoms with Crippen LogP contribution in [0, 0.1) is 13.8 Å². The van der Waals surface area contributed by atoms with Crippen LogP contribution in [0.5, 0.6) is 0 Å². The SMILES string of the molecule is Cc1ccc2c(n1)oc1c(-c3c(-c4cccc(C5CCCC5)c4)ccc[n+]3C)c(C)ccc12. The summed E-state index contributed by atoms with van der Waals surface area (Å²) in [5.41, 5.74) is 10.1. The first-order valence-corrected chi connectivity index (χ1v) is 12.0. The number of benzene rings is 2. The molecule has 0 N–H and O–H groups in total. The number of aryl methyl sites for hydroxylation is 3. The van der Waals surface area contributed by atoms with Crippen LogP contribution in [0.4, 0.5) is 0 Å². The molecule has 3 aromatic heterocycles. The van der Waals surface area contributed by atoms with Crippen molar-refractivity contribution in [3.8, 4) is 22.4 Å². The minimum absolute atomic E-state index is 0.695. The third-order valence-corrected chi connectivity index (χ3v) is 7.30. The lowest BCUT2D eigenvalue weighted by Crippen LogP contribution is -2.31. The summed E-state index contributed by atoms with van der Waals surface area (Å²) in [5.74, 6) is 0.695. The van der Waals surface area contributed by atoms with E-state index in [-0.39, 0.29) is 0 Å². The van der Waals surface area contributed by atoms with Crippen LogP contribution in [-0.2, 0) is 7.05 Å². The van der Waals surface area contributed by atoms with Crippen molar-refractivity contribution in [3.63, 3.8) is 0 Å². The van der Waals surface area contributed by atoms with E-state index < -0.39 is 0 Å². The van der Waals surface area contributed by atoms with E-state index in [1.54, 1.807) is 0 Å². The van der Waals surface area contributed by atoms with Crippen molar-refractivity contribution in [1.82, 2.24) is 4.98 Å². The Morgan fingerprint density at radius 1 is 0.909 bits per heavy atom. The molecule has 1 aliphatic carbocycles. The zero-order valence-electron chi connectivity index (χ0n) is 19.6. The first kappa shape index (κ1) is 20.2. The Morgan fingerprint density at radius 2 is 1.73 bits per heavy atom. The Labute approximate surface area is 194 Å². The van der Waals surface area contributed by atoms with E-state index in [9.17, 15) is 0 Å². The third-order valence-electron chi connectivity index (χ3n) is 7.30. The Hall–Kier alpha value is -3.46. The summed E-state index contributed by atoms with van der Waals surface area (Å²) in [4.78, 5) is 4.66. The number of hydrogen-bond donors (Lipinski definition) is 0. The summed E-state index contributed by atoms with van der Waals surface area (Å²) >= 11 is 0. The van der Waals surface area contributed by atoms with Gasteiger partial charge in [0.05, 0.1) is 11.1 Å². The van der Waals surface area contributed by atoms with Crippen LogP contribution < -0.4 is 4.57 Å². The molecule has 6 rings (SSSR count). The molecule has 33 heavy (non-hydrogen) atoms. The molecule has 0 saturated heterocycles. The average Bonchev–Trinajstić information content (AvgIpc) is 3.47. The van der Waals surface area contributed by atoms with Crippen molar-refractivity contribution in [2.75, 3.05) is 0 Å². The van der Waals surface area contributed by atoms with Gasteiger partial charge in [0.1, 0.15) is 7.05 Å². The summed E-state index contributed by atoms with van der Waals surface area (Å²) in [6, 6.07) is 22.1. The summed E-state index contributed by atoms with van der Waals surface area (Å²) in [7, 11) is 2.13. The van der Waals surface area contributed by atoms with Gasteiger partial charge in [-0.05, 0) is 67.5 Å². The highest BCUT2D eigenvalue weighted by atomic mass is 16.3. The van der Waals surface area contributed by atoms with Crippen LogP contribution in [-0.4, -0.2) is 4.98 Å². The van der Waals surface area contributed by atoms with Gasteiger partial charge in [-0.3, -0.25) is 0 Å². The van der Waals surface area contributed by atoms with Gasteiger partial charge >= 0.3 is 0 Å². The van der Waals surface area contributed by atoms with Gasteiger partial charge in [-0.2, -0.15) is 0 Å². The molecular weight excluding hydrogens is 404 g/mol. The molecule has 0 aliphatic heterocycles. The van der Waals surface area contributed by atoms with E-state index in [0.29, 0.717) is 11.6 Å². The minimum atomic E-state index is 0.695. The van der Waals surface area contributed by atoms with Gasteiger partial charge in [0, 0.05) is 22.5 Å². The smallest absolute Gasteiger partial charge is 0.227 e. The fraction of sp³-hybridized carbons (Fsp3) is 0.267. The Balaban J connectivity index is 1.61. The van der Waals surface area contributed by atoms with E-state index in [2.05, 4.69) is 90.4 Å². The van der Waals surface area contributed by atoms with Gasteiger partial charge in [0.15, 0.2) is 11.8 Å². The molecule has 2 aromatic carbocycles. The largest absolute Gasteiger partial charge is 0.437 e. The zero-order valence-corrected chi connectivity index (χ0v) is 19.6. The van der Waals surface area contributed by atoms with Crippen molar-refractivity contribution in [2.45, 2.75) is 45.4 Å². The van der Waals surface area contributed by atoms with E-state index in [4.69, 9.17) is 4.42 Å². The van der Waals surface area contributed by atoms with Crippen LogP contribution in [0.15, 0.2) is 71.3 Å². The molecule has 0 radical (unpaired) electrons. The molecule has 164 valence electrons. The van der Waals surface area contributed by atoms with Gasteiger partial charge in [-0.15, -0.1) is 0 Å². The van der Waals surface area contributed by atoms with Gasteiger partial charge < -0.3 is 4.42 Å². The van der Waals surface area contributed by atoms with Crippen LogP contribution in [0.3, 0.4) is 0 Å². The average molecular weight is 434 g/mol. The fourth-order valence-electron chi connectivity index (χ4n) is 5.58. The number of aromatic nitrogens is 2. The van der Waals surface area contributed by atoms with E-state index in [1.807, 2.05) is 6.92 Å². The molecule has 1 fully saturated rings. The topological polar surface area (TPSA) is 29.9 Å². The van der Waals surface area contributed by atoms with Gasteiger partial charge in [-0.1, -0.05) is 49.2 Å². The van der Waals surface area contributed by atoms with Crippen LogP contribution in [0.2, 0.25) is 0 Å². The molecule has 3 heterocycles. The first-order valence-electron chi connectivity index (χ1n) is 12.0. The van der Waals surface area contributed by atoms with Crippen molar-refractivity contribution < 1.29 is 8.98 Å². The molecule has 0 spiro atoms. The zero-order chi connectivity index (χ0) is 22.5. The molecular formula is C30H29N2O+. The fourth-order valence-corrected chi connectivity index (χ4v) is 5.58. The first-order chi connectivity index (χ1) is 16.1. The maximum Gasteiger partial charge on any atom is 0.227 e. The second kappa shape index (κ2) is 7.84. The standard InChI is InChI=1S/C30H29N2O/c1-19-13-15-25-26-16-14-20(2)31-30(26)33-29(25)27(19)28-24(12-7-17-32(28)3)23-11-6-10-22(18-23)21-8-4-5-9-21/h6-7,10-18,21H,4-5,8-9H2,1-3H3/q+1. The van der Waals surface area contributed by atoms with Crippen LogP contribution in [0.25, 0.3) is 44.5 Å².